The van der Waals surface area contributed by atoms with Gasteiger partial charge in [-0.05, 0) is 72.5 Å². The molecule has 21 nitrogen and oxygen atoms in total. The quantitative estimate of drug-likeness (QED) is 0.0190. The number of aliphatic hydroxyl groups is 1. The molecule has 22 heteroatoms. The Bertz CT molecular complexity index is 2680. The summed E-state index contributed by atoms with van der Waals surface area (Å²) in [5, 5.41) is 33.4. The van der Waals surface area contributed by atoms with Crippen LogP contribution in [0.15, 0.2) is 99.0 Å². The third-order valence-corrected chi connectivity index (χ3v) is 13.5. The van der Waals surface area contributed by atoms with Crippen molar-refractivity contribution >= 4 is 70.1 Å². The molecule has 0 saturated carbocycles. The van der Waals surface area contributed by atoms with Gasteiger partial charge >= 0.3 is 0 Å². The second kappa shape index (κ2) is 22.2. The van der Waals surface area contributed by atoms with Crippen LogP contribution in [0, 0.1) is 5.41 Å². The van der Waals surface area contributed by atoms with E-state index in [2.05, 4.69) is 69.7 Å². The number of fused-ring (bicyclic) bond motifs is 4. The molecule has 7 N–H and O–H groups in total. The van der Waals surface area contributed by atoms with Crippen LogP contribution in [0.4, 0.5) is 11.4 Å². The Kier molecular flexibility index (Phi) is 15.7. The lowest BCUT2D eigenvalue weighted by molar-refractivity contribution is -0.136. The van der Waals surface area contributed by atoms with Gasteiger partial charge in [-0.3, -0.25) is 48.8 Å². The van der Waals surface area contributed by atoms with E-state index in [1.54, 1.807) is 11.8 Å². The molecule has 2 fully saturated rings. The highest BCUT2D eigenvalue weighted by molar-refractivity contribution is 8.00. The number of piperazine rings is 1. The van der Waals surface area contributed by atoms with Crippen LogP contribution in [-0.4, -0.2) is 138 Å². The van der Waals surface area contributed by atoms with Gasteiger partial charge < -0.3 is 41.2 Å². The van der Waals surface area contributed by atoms with Gasteiger partial charge in [-0.1, -0.05) is 50.7 Å². The van der Waals surface area contributed by atoms with Gasteiger partial charge in [0.25, 0.3) is 17.7 Å². The van der Waals surface area contributed by atoms with Crippen LogP contribution in [0.1, 0.15) is 72.7 Å². The summed E-state index contributed by atoms with van der Waals surface area (Å²) in [5.41, 5.74) is 9.18. The number of benzene rings is 3. The highest BCUT2D eigenvalue weighted by Gasteiger charge is 2.46. The van der Waals surface area contributed by atoms with Gasteiger partial charge in [0.05, 0.1) is 34.7 Å². The number of anilines is 1. The van der Waals surface area contributed by atoms with E-state index in [4.69, 9.17) is 15.2 Å². The Morgan fingerprint density at radius 1 is 0.930 bits per heavy atom. The first kappa shape index (κ1) is 50.1. The zero-order valence-corrected chi connectivity index (χ0v) is 40.6. The number of unbranched alkanes of at least 4 members (excludes halogenated alkanes) is 1. The first-order valence-corrected chi connectivity index (χ1v) is 24.4. The molecule has 3 aromatic rings. The normalized spacial score (nSPS) is 19.6. The maximum atomic E-state index is 13.2. The second-order valence-electron chi connectivity index (χ2n) is 18.5. The second-order valence-corrected chi connectivity index (χ2v) is 19.6. The smallest absolute Gasteiger partial charge is 0.266 e. The Morgan fingerprint density at radius 2 is 1.66 bits per heavy atom. The molecule has 5 heterocycles. The molecule has 2 saturated heterocycles. The first-order valence-electron chi connectivity index (χ1n) is 23.5. The number of amides is 6. The van der Waals surface area contributed by atoms with Gasteiger partial charge in [-0.2, -0.15) is 0 Å². The third-order valence-electron chi connectivity index (χ3n) is 12.3. The van der Waals surface area contributed by atoms with Gasteiger partial charge in [0.1, 0.15) is 29.9 Å². The molecule has 0 spiro atoms. The van der Waals surface area contributed by atoms with Crippen molar-refractivity contribution in [2.24, 2.45) is 26.6 Å². The van der Waals surface area contributed by atoms with Gasteiger partial charge in [0.2, 0.25) is 17.7 Å². The fourth-order valence-electron chi connectivity index (χ4n) is 8.34. The predicted molar refractivity (Wildman–Crippen MR) is 265 cm³/mol. The van der Waals surface area contributed by atoms with Crippen LogP contribution < -0.4 is 41.4 Å². The minimum absolute atomic E-state index is 0.00657. The van der Waals surface area contributed by atoms with E-state index in [1.165, 1.54) is 24.3 Å². The Balaban J connectivity index is 0.674. The third kappa shape index (κ3) is 12.4. The predicted octanol–water partition coefficient (Wildman–Crippen LogP) is 3.82. The summed E-state index contributed by atoms with van der Waals surface area (Å²) >= 11 is 1.73. The fourth-order valence-corrected chi connectivity index (χ4v) is 9.54. The average molecular weight is 991 g/mol. The molecule has 8 rings (SSSR count). The number of aliphatic hydroxyl groups excluding tert-OH is 1. The van der Waals surface area contributed by atoms with Crippen molar-refractivity contribution in [1.82, 2.24) is 36.0 Å². The maximum absolute atomic E-state index is 13.2. The zero-order valence-electron chi connectivity index (χ0n) is 39.8. The average Bonchev–Trinajstić information content (AvgIpc) is 3.98. The number of carbonyl (C=O) groups excluding carboxylic acids is 6. The number of nitrogens with one attached hydrogen (secondary N) is 4. The molecule has 3 aromatic carbocycles. The lowest BCUT2D eigenvalue weighted by Crippen LogP contribution is -2.54. The van der Waals surface area contributed by atoms with Crippen LogP contribution >= 0.6 is 11.8 Å². The van der Waals surface area contributed by atoms with Gasteiger partial charge in [0.15, 0.2) is 17.9 Å². The largest absolute Gasteiger partial charge is 0.512 e. The summed E-state index contributed by atoms with van der Waals surface area (Å²) in [5.74, 6) is -1.98. The fraction of sp³-hybridized carbons (Fsp3) is 0.408. The molecule has 374 valence electrons. The number of ether oxygens (including phenoxy) is 2. The van der Waals surface area contributed by atoms with E-state index < -0.39 is 47.6 Å². The van der Waals surface area contributed by atoms with Crippen molar-refractivity contribution in [3.05, 3.63) is 95.4 Å². The van der Waals surface area contributed by atoms with E-state index in [1.807, 2.05) is 51.1 Å². The Hall–Kier alpha value is -7.30. The number of piperidine rings is 1. The van der Waals surface area contributed by atoms with Gasteiger partial charge in [0, 0.05) is 74.8 Å². The van der Waals surface area contributed by atoms with E-state index in [-0.39, 0.29) is 52.7 Å². The van der Waals surface area contributed by atoms with Crippen molar-refractivity contribution in [3.8, 4) is 11.5 Å². The van der Waals surface area contributed by atoms with Crippen molar-refractivity contribution in [3.63, 3.8) is 0 Å². The van der Waals surface area contributed by atoms with Crippen LogP contribution in [0.5, 0.6) is 11.5 Å². The molecule has 71 heavy (non-hydrogen) atoms. The molecule has 0 radical (unpaired) electrons. The molecule has 0 aliphatic carbocycles. The van der Waals surface area contributed by atoms with Crippen LogP contribution in [-0.2, 0) is 19.2 Å². The van der Waals surface area contributed by atoms with E-state index in [0.717, 1.165) is 65.2 Å². The number of rotatable bonds is 19. The lowest BCUT2D eigenvalue weighted by Gasteiger charge is -2.34. The molecule has 0 bridgehead atoms. The Labute approximate surface area is 414 Å². The van der Waals surface area contributed by atoms with Gasteiger partial charge in [-0.15, -0.1) is 10.2 Å². The first-order chi connectivity index (χ1) is 34.1. The summed E-state index contributed by atoms with van der Waals surface area (Å²) in [7, 11) is 0. The topological polar surface area (TPSA) is 265 Å². The number of hydrogen-bond donors (Lipinski definition) is 6. The molecule has 6 amide bonds. The number of imide groups is 2. The number of thioether (sulfide) groups is 1. The number of hydrogen-bond acceptors (Lipinski definition) is 16. The molecule has 5 aliphatic rings. The summed E-state index contributed by atoms with van der Waals surface area (Å²) in [6, 6.07) is 17.2. The number of amidine groups is 1. The van der Waals surface area contributed by atoms with Crippen molar-refractivity contribution < 1.29 is 43.3 Å². The SMILES string of the molecule is CC(C)(C)/C(O)=C/C(N)=N\N=Nc1ccc(C2=CN3c4ccc(OCCN5CCN(CC(=O)NCCCCNC(=O)COc6cccc7c6C(=O)N(C6CCC(=O)NC6=O)C7=O)CC5)cc4SC3N2)cc1. The Morgan fingerprint density at radius 3 is 2.39 bits per heavy atom. The minimum Gasteiger partial charge on any atom is -0.512 e. The molecular formula is C49H58N12O9S. The van der Waals surface area contributed by atoms with E-state index in [0.29, 0.717) is 44.8 Å². The summed E-state index contributed by atoms with van der Waals surface area (Å²) in [6.07, 6.45) is 4.79. The van der Waals surface area contributed by atoms with Crippen molar-refractivity contribution in [1.29, 1.82) is 0 Å². The molecular weight excluding hydrogens is 933 g/mol. The van der Waals surface area contributed by atoms with Gasteiger partial charge in [-0.25, -0.2) is 0 Å². The van der Waals surface area contributed by atoms with Crippen molar-refractivity contribution in [2.45, 2.75) is 62.9 Å². The lowest BCUT2D eigenvalue weighted by atomic mass is 9.93. The monoisotopic (exact) mass is 990 g/mol. The zero-order chi connectivity index (χ0) is 50.2. The summed E-state index contributed by atoms with van der Waals surface area (Å²) in [4.78, 5) is 84.2. The highest BCUT2D eigenvalue weighted by atomic mass is 32.2. The summed E-state index contributed by atoms with van der Waals surface area (Å²) in [6.45, 7) is 10.9. The van der Waals surface area contributed by atoms with Crippen LogP contribution in [0.3, 0.4) is 0 Å². The molecule has 5 aliphatic heterocycles. The number of nitrogens with zero attached hydrogens (tertiary/aromatic N) is 7. The standard InChI is InChI=1S/C49H58N12O9S/c1-49(2,3)39(62)26-40(50)56-57-55-31-11-9-30(10-12-31)34-27-60-35-14-13-32(25-38(35)71-48(60)53-34)69-24-23-58-19-21-59(22-20-58)28-42(64)51-17-4-5-18-52-43(65)29-70-37-8-6-7-33-44(37)47(68)61(46(33)67)36-15-16-41(63)54-45(36)66/h6-14,25-27,36,48,53,62H,4-5,15-24,28-29H2,1-3H3,(H,51,64)(H,52,65)(H2,50,55,56)(H,54,63,66)/b39-26-. The molecule has 2 atom stereocenters. The molecule has 0 aromatic heterocycles. The highest BCUT2D eigenvalue weighted by Crippen LogP contribution is 2.47. The van der Waals surface area contributed by atoms with E-state index in [9.17, 15) is 33.9 Å². The van der Waals surface area contributed by atoms with Crippen molar-refractivity contribution in [2.75, 3.05) is 70.5 Å². The summed E-state index contributed by atoms with van der Waals surface area (Å²) < 4.78 is 11.8. The number of nitrogens with two attached hydrogens (primary N) is 1. The number of allylic oxidation sites excluding steroid dienone is 1. The minimum atomic E-state index is -1.11. The van der Waals surface area contributed by atoms with Crippen LogP contribution in [0.25, 0.3) is 5.70 Å². The van der Waals surface area contributed by atoms with Crippen LogP contribution in [0.2, 0.25) is 0 Å². The maximum Gasteiger partial charge on any atom is 0.266 e. The molecule has 2 unspecified atom stereocenters. The number of carbonyl (C=O) groups is 6. The van der Waals surface area contributed by atoms with E-state index >= 15 is 0 Å².